The highest BCUT2D eigenvalue weighted by Crippen LogP contribution is 2.56. The smallest absolute Gasteiger partial charge is 0.160 e. The minimum atomic E-state index is -0.617. The number of hydrogen-bond donors (Lipinski definition) is 0. The highest BCUT2D eigenvalue weighted by molar-refractivity contribution is 5.87. The van der Waals surface area contributed by atoms with Crippen molar-refractivity contribution in [2.45, 2.75) is 5.41 Å². The van der Waals surface area contributed by atoms with Gasteiger partial charge in [0.1, 0.15) is 0 Å². The first-order valence-electron chi connectivity index (χ1n) is 15.1. The highest BCUT2D eigenvalue weighted by atomic mass is 14.9. The summed E-state index contributed by atoms with van der Waals surface area (Å²) >= 11 is 0. The summed E-state index contributed by atoms with van der Waals surface area (Å²) < 4.78 is 0. The molecule has 7 aromatic rings. The van der Waals surface area contributed by atoms with Gasteiger partial charge in [-0.05, 0) is 57.6 Å². The normalized spacial score (nSPS) is 14.7. The van der Waals surface area contributed by atoms with E-state index in [1.165, 1.54) is 11.1 Å². The van der Waals surface area contributed by atoms with E-state index in [-0.39, 0.29) is 0 Å². The van der Waals surface area contributed by atoms with Crippen LogP contribution >= 0.6 is 0 Å². The Kier molecular flexibility index (Phi) is 6.40. The van der Waals surface area contributed by atoms with Crippen LogP contribution in [0.1, 0.15) is 27.8 Å². The number of nitriles is 1. The molecular formula is C42H27N3. The van der Waals surface area contributed by atoms with Crippen LogP contribution in [0.3, 0.4) is 0 Å². The number of benzene rings is 6. The third-order valence-electron chi connectivity index (χ3n) is 8.80. The van der Waals surface area contributed by atoms with Crippen LogP contribution in [0.5, 0.6) is 0 Å². The Morgan fingerprint density at radius 2 is 1.02 bits per heavy atom. The van der Waals surface area contributed by atoms with Crippen molar-refractivity contribution in [3.63, 3.8) is 0 Å². The molecule has 3 nitrogen and oxygen atoms in total. The molecule has 1 aliphatic rings. The lowest BCUT2D eigenvalue weighted by molar-refractivity contribution is 0.768. The van der Waals surface area contributed by atoms with Crippen molar-refractivity contribution in [1.82, 2.24) is 9.97 Å². The minimum Gasteiger partial charge on any atom is -0.228 e. The van der Waals surface area contributed by atoms with Crippen LogP contribution in [0.25, 0.3) is 45.0 Å². The third-order valence-corrected chi connectivity index (χ3v) is 8.80. The van der Waals surface area contributed by atoms with Crippen molar-refractivity contribution < 1.29 is 0 Å². The molecule has 1 aliphatic carbocycles. The number of nitrogens with zero attached hydrogens (tertiary/aromatic N) is 3. The van der Waals surface area contributed by atoms with Crippen molar-refractivity contribution in [3.8, 4) is 51.1 Å². The maximum absolute atomic E-state index is 9.97. The molecule has 0 spiro atoms. The molecule has 0 bridgehead atoms. The maximum Gasteiger partial charge on any atom is 0.160 e. The van der Waals surface area contributed by atoms with Crippen LogP contribution in [0.15, 0.2) is 164 Å². The minimum absolute atomic E-state index is 0.617. The Morgan fingerprint density at radius 1 is 0.444 bits per heavy atom. The molecule has 3 heteroatoms. The van der Waals surface area contributed by atoms with Gasteiger partial charge in [0.05, 0.1) is 28.4 Å². The summed E-state index contributed by atoms with van der Waals surface area (Å²) in [6, 6.07) is 58.9. The van der Waals surface area contributed by atoms with Gasteiger partial charge in [0.15, 0.2) is 5.82 Å². The molecule has 0 aliphatic heterocycles. The topological polar surface area (TPSA) is 49.6 Å². The molecular weight excluding hydrogens is 546 g/mol. The van der Waals surface area contributed by atoms with Crippen molar-refractivity contribution in [2.24, 2.45) is 0 Å². The van der Waals surface area contributed by atoms with Crippen molar-refractivity contribution in [2.75, 3.05) is 0 Å². The van der Waals surface area contributed by atoms with Crippen LogP contribution in [-0.4, -0.2) is 9.97 Å². The number of fused-ring (bicyclic) bond motifs is 3. The Balaban J connectivity index is 1.40. The fourth-order valence-corrected chi connectivity index (χ4v) is 6.81. The number of hydrogen-bond acceptors (Lipinski definition) is 3. The SMILES string of the molecule is N#Cc1ccc2c(c1)C(c1ccccc1)(c1cccc(-c3cc(-c4ccccc4)nc(-c4ccccc4)n3)c1)c1ccccc1-2. The van der Waals surface area contributed by atoms with Gasteiger partial charge in [-0.1, -0.05) is 140 Å². The van der Waals surface area contributed by atoms with Gasteiger partial charge in [-0.15, -0.1) is 0 Å². The van der Waals surface area contributed by atoms with E-state index < -0.39 is 5.41 Å². The number of rotatable bonds is 5. The Morgan fingerprint density at radius 3 is 1.76 bits per heavy atom. The molecule has 210 valence electrons. The summed E-state index contributed by atoms with van der Waals surface area (Å²) in [5.74, 6) is 0.686. The van der Waals surface area contributed by atoms with Crippen molar-refractivity contribution in [1.29, 1.82) is 5.26 Å². The van der Waals surface area contributed by atoms with E-state index >= 15 is 0 Å². The zero-order chi connectivity index (χ0) is 30.2. The predicted molar refractivity (Wildman–Crippen MR) is 180 cm³/mol. The molecule has 0 fully saturated rings. The van der Waals surface area contributed by atoms with Crippen molar-refractivity contribution >= 4 is 0 Å². The van der Waals surface area contributed by atoms with Gasteiger partial charge in [0, 0.05) is 16.7 Å². The molecule has 1 unspecified atom stereocenters. The predicted octanol–water partition coefficient (Wildman–Crippen LogP) is 9.71. The van der Waals surface area contributed by atoms with Crippen LogP contribution in [-0.2, 0) is 5.41 Å². The Labute approximate surface area is 262 Å². The second kappa shape index (κ2) is 10.9. The Bertz CT molecular complexity index is 2160. The summed E-state index contributed by atoms with van der Waals surface area (Å²) in [6.45, 7) is 0. The zero-order valence-electron chi connectivity index (χ0n) is 24.4. The van der Waals surface area contributed by atoms with Gasteiger partial charge in [0.2, 0.25) is 0 Å². The summed E-state index contributed by atoms with van der Waals surface area (Å²) in [6.07, 6.45) is 0. The van der Waals surface area contributed by atoms with Crippen LogP contribution in [0.2, 0.25) is 0 Å². The molecule has 0 saturated heterocycles. The molecule has 0 radical (unpaired) electrons. The van der Waals surface area contributed by atoms with E-state index in [0.29, 0.717) is 11.4 Å². The fourth-order valence-electron chi connectivity index (χ4n) is 6.81. The summed E-state index contributed by atoms with van der Waals surface area (Å²) in [7, 11) is 0. The molecule has 8 rings (SSSR count). The standard InChI is InChI=1S/C42H27N3/c43-28-29-23-24-36-35-21-10-11-22-37(35)42(38(36)25-29,33-18-8-3-9-19-33)34-20-12-17-32(26-34)40-27-39(30-13-4-1-5-14-30)44-41(45-40)31-15-6-2-7-16-31/h1-27H. The highest BCUT2D eigenvalue weighted by Gasteiger charge is 2.46. The van der Waals surface area contributed by atoms with E-state index in [2.05, 4.69) is 115 Å². The summed E-state index contributed by atoms with van der Waals surface area (Å²) in [5, 5.41) is 9.97. The lowest BCUT2D eigenvalue weighted by Crippen LogP contribution is -2.28. The second-order valence-electron chi connectivity index (χ2n) is 11.3. The quantitative estimate of drug-likeness (QED) is 0.206. The summed E-state index contributed by atoms with van der Waals surface area (Å²) in [5.41, 5.74) is 11.7. The van der Waals surface area contributed by atoms with Crippen molar-refractivity contribution in [3.05, 3.63) is 192 Å². The molecule has 1 atom stereocenters. The molecule has 0 N–H and O–H groups in total. The van der Waals surface area contributed by atoms with Crippen LogP contribution in [0.4, 0.5) is 0 Å². The average molecular weight is 574 g/mol. The third kappa shape index (κ3) is 4.35. The first kappa shape index (κ1) is 26.5. The number of aromatic nitrogens is 2. The van der Waals surface area contributed by atoms with E-state index in [9.17, 15) is 5.26 Å². The average Bonchev–Trinajstić information content (AvgIpc) is 3.43. The zero-order valence-corrected chi connectivity index (χ0v) is 24.4. The maximum atomic E-state index is 9.97. The van der Waals surface area contributed by atoms with Gasteiger partial charge < -0.3 is 0 Å². The lowest BCUT2D eigenvalue weighted by Gasteiger charge is -2.34. The molecule has 1 heterocycles. The molecule has 45 heavy (non-hydrogen) atoms. The molecule has 6 aromatic carbocycles. The molecule has 0 saturated carbocycles. The van der Waals surface area contributed by atoms with Gasteiger partial charge in [0.25, 0.3) is 0 Å². The van der Waals surface area contributed by atoms with Gasteiger partial charge in [-0.25, -0.2) is 9.97 Å². The molecule has 1 aromatic heterocycles. The second-order valence-corrected chi connectivity index (χ2v) is 11.3. The Hall–Kier alpha value is -6.11. The van der Waals surface area contributed by atoms with Gasteiger partial charge in [-0.3, -0.25) is 0 Å². The van der Waals surface area contributed by atoms with E-state index in [1.807, 2.05) is 54.6 Å². The fraction of sp³-hybridized carbons (Fsp3) is 0.0238. The van der Waals surface area contributed by atoms with E-state index in [1.54, 1.807) is 0 Å². The summed E-state index contributed by atoms with van der Waals surface area (Å²) in [4.78, 5) is 10.1. The van der Waals surface area contributed by atoms with E-state index in [4.69, 9.17) is 9.97 Å². The van der Waals surface area contributed by atoms with Crippen LogP contribution < -0.4 is 0 Å². The largest absolute Gasteiger partial charge is 0.228 e. The van der Waals surface area contributed by atoms with Gasteiger partial charge in [-0.2, -0.15) is 5.26 Å². The first-order valence-corrected chi connectivity index (χ1v) is 15.1. The van der Waals surface area contributed by atoms with Crippen LogP contribution in [0, 0.1) is 11.3 Å². The monoisotopic (exact) mass is 573 g/mol. The van der Waals surface area contributed by atoms with Gasteiger partial charge >= 0.3 is 0 Å². The molecule has 0 amide bonds. The first-order chi connectivity index (χ1) is 22.3. The van der Waals surface area contributed by atoms with E-state index in [0.717, 1.165) is 50.3 Å². The lowest BCUT2D eigenvalue weighted by atomic mass is 9.67.